The molecule has 84 valence electrons. The monoisotopic (exact) mass is 207 g/mol. The predicted octanol–water partition coefficient (Wildman–Crippen LogP) is 2.04. The molecule has 0 aromatic heterocycles. The zero-order valence-corrected chi connectivity index (χ0v) is 9.45. The third-order valence-corrected chi connectivity index (χ3v) is 3.60. The van der Waals surface area contributed by atoms with Gasteiger partial charge in [0.2, 0.25) is 0 Å². The second kappa shape index (κ2) is 5.53. The van der Waals surface area contributed by atoms with E-state index in [0.29, 0.717) is 6.10 Å². The third-order valence-electron chi connectivity index (χ3n) is 3.60. The highest BCUT2D eigenvalue weighted by Gasteiger charge is 2.26. The average Bonchev–Trinajstić information content (AvgIpc) is 2.89. The summed E-state index contributed by atoms with van der Waals surface area (Å²) < 4.78 is 5.68. The summed E-state index contributed by atoms with van der Waals surface area (Å²) in [4.78, 5) is 2.46. The lowest BCUT2D eigenvalue weighted by atomic mass is 10.1. The van der Waals surface area contributed by atoms with E-state index in [2.05, 4.69) is 10.8 Å². The van der Waals surface area contributed by atoms with Crippen LogP contribution in [0, 0.1) is 12.3 Å². The van der Waals surface area contributed by atoms with E-state index in [-0.39, 0.29) is 0 Å². The topological polar surface area (TPSA) is 12.5 Å². The summed E-state index contributed by atoms with van der Waals surface area (Å²) >= 11 is 0. The molecule has 0 aromatic rings. The summed E-state index contributed by atoms with van der Waals surface area (Å²) in [6, 6.07) is 0.727. The molecule has 1 heterocycles. The molecule has 0 radical (unpaired) electrons. The van der Waals surface area contributed by atoms with E-state index in [1.54, 1.807) is 0 Å². The molecule has 2 rings (SSSR count). The fourth-order valence-corrected chi connectivity index (χ4v) is 2.78. The van der Waals surface area contributed by atoms with Crippen molar-refractivity contribution in [3.63, 3.8) is 0 Å². The lowest BCUT2D eigenvalue weighted by Crippen LogP contribution is -2.39. The van der Waals surface area contributed by atoms with E-state index in [0.717, 1.165) is 25.7 Å². The van der Waals surface area contributed by atoms with E-state index in [9.17, 15) is 0 Å². The number of rotatable bonds is 4. The highest BCUT2D eigenvalue weighted by molar-refractivity contribution is 4.92. The van der Waals surface area contributed by atoms with Crippen LogP contribution in [0.25, 0.3) is 0 Å². The molecule has 0 unspecified atom stereocenters. The quantitative estimate of drug-likeness (QED) is 0.654. The Balaban J connectivity index is 1.84. The first-order chi connectivity index (χ1) is 7.40. The number of nitrogens with zero attached hydrogens (tertiary/aromatic N) is 1. The zero-order chi connectivity index (χ0) is 10.5. The highest BCUT2D eigenvalue weighted by Crippen LogP contribution is 2.24. The molecule has 0 aromatic carbocycles. The van der Waals surface area contributed by atoms with Gasteiger partial charge in [0.25, 0.3) is 0 Å². The molecule has 2 nitrogen and oxygen atoms in total. The Morgan fingerprint density at radius 3 is 2.60 bits per heavy atom. The molecule has 0 spiro atoms. The molecule has 0 amide bonds. The summed E-state index contributed by atoms with van der Waals surface area (Å²) in [6.07, 6.45) is 13.7. The number of hydrogen-bond acceptors (Lipinski definition) is 2. The Labute approximate surface area is 93.0 Å². The van der Waals surface area contributed by atoms with Crippen molar-refractivity contribution in [2.45, 2.75) is 50.7 Å². The fraction of sp³-hybridized carbons (Fsp3) is 0.846. The molecule has 1 saturated carbocycles. The van der Waals surface area contributed by atoms with Crippen LogP contribution in [0.3, 0.4) is 0 Å². The molecule has 1 aliphatic heterocycles. The van der Waals surface area contributed by atoms with Crippen LogP contribution in [0.15, 0.2) is 0 Å². The maximum absolute atomic E-state index is 5.68. The van der Waals surface area contributed by atoms with E-state index in [1.165, 1.54) is 38.5 Å². The zero-order valence-electron chi connectivity index (χ0n) is 9.45. The lowest BCUT2D eigenvalue weighted by molar-refractivity contribution is 0.0636. The molecule has 1 aliphatic carbocycles. The summed E-state index contributed by atoms with van der Waals surface area (Å²) in [6.45, 7) is 2.79. The van der Waals surface area contributed by atoms with Crippen molar-refractivity contribution in [1.29, 1.82) is 0 Å². The second-order valence-electron chi connectivity index (χ2n) is 4.71. The number of hydrogen-bond donors (Lipinski definition) is 0. The first kappa shape index (κ1) is 11.0. The van der Waals surface area contributed by atoms with Crippen molar-refractivity contribution in [3.05, 3.63) is 0 Å². The van der Waals surface area contributed by atoms with Crippen molar-refractivity contribution >= 4 is 0 Å². The van der Waals surface area contributed by atoms with E-state index in [1.807, 2.05) is 0 Å². The van der Waals surface area contributed by atoms with Crippen molar-refractivity contribution < 1.29 is 4.74 Å². The molecule has 15 heavy (non-hydrogen) atoms. The van der Waals surface area contributed by atoms with Gasteiger partial charge in [0, 0.05) is 19.2 Å². The second-order valence-corrected chi connectivity index (χ2v) is 4.71. The van der Waals surface area contributed by atoms with E-state index in [4.69, 9.17) is 11.2 Å². The molecule has 2 aliphatic rings. The molecular weight excluding hydrogens is 186 g/mol. The van der Waals surface area contributed by atoms with E-state index >= 15 is 0 Å². The normalized spacial score (nSPS) is 27.3. The Kier molecular flexibility index (Phi) is 4.05. The van der Waals surface area contributed by atoms with Gasteiger partial charge in [-0.1, -0.05) is 18.8 Å². The van der Waals surface area contributed by atoms with Crippen LogP contribution < -0.4 is 0 Å². The van der Waals surface area contributed by atoms with Crippen LogP contribution in [-0.2, 0) is 4.74 Å². The first-order valence-electron chi connectivity index (χ1n) is 6.19. The minimum atomic E-state index is 0.443. The van der Waals surface area contributed by atoms with Gasteiger partial charge in [-0.15, -0.1) is 6.42 Å². The first-order valence-corrected chi connectivity index (χ1v) is 6.19. The molecule has 2 fully saturated rings. The van der Waals surface area contributed by atoms with Crippen LogP contribution in [-0.4, -0.2) is 36.7 Å². The van der Waals surface area contributed by atoms with Crippen LogP contribution in [0.1, 0.15) is 38.5 Å². The fourth-order valence-electron chi connectivity index (χ4n) is 2.78. The van der Waals surface area contributed by atoms with Gasteiger partial charge in [0.1, 0.15) is 0 Å². The minimum absolute atomic E-state index is 0.443. The van der Waals surface area contributed by atoms with Gasteiger partial charge in [-0.05, 0) is 25.7 Å². The van der Waals surface area contributed by atoms with Gasteiger partial charge in [-0.25, -0.2) is 0 Å². The van der Waals surface area contributed by atoms with Gasteiger partial charge in [-0.2, -0.15) is 0 Å². The number of ether oxygens (including phenoxy) is 1. The summed E-state index contributed by atoms with van der Waals surface area (Å²) in [5.41, 5.74) is 0. The Morgan fingerprint density at radius 1 is 1.20 bits per heavy atom. The number of terminal acetylenes is 1. The maximum Gasteiger partial charge on any atom is 0.0703 e. The molecule has 1 atom stereocenters. The molecule has 0 bridgehead atoms. The van der Waals surface area contributed by atoms with Gasteiger partial charge < -0.3 is 4.74 Å². The highest BCUT2D eigenvalue weighted by atomic mass is 16.5. The van der Waals surface area contributed by atoms with Crippen molar-refractivity contribution in [1.82, 2.24) is 4.90 Å². The average molecular weight is 207 g/mol. The Hall–Kier alpha value is -0.520. The molecule has 1 saturated heterocycles. The predicted molar refractivity (Wildman–Crippen MR) is 61.6 cm³/mol. The van der Waals surface area contributed by atoms with Gasteiger partial charge in [0.05, 0.1) is 12.6 Å². The largest absolute Gasteiger partial charge is 0.377 e. The lowest BCUT2D eigenvalue weighted by Gasteiger charge is -2.28. The smallest absolute Gasteiger partial charge is 0.0703 e. The standard InChI is InChI=1S/C13H21NO/c1-2-9-14(12-6-3-4-7-12)11-13-8-5-10-15-13/h1,12-13H,3-11H2/t13-/m0/s1. The van der Waals surface area contributed by atoms with Crippen molar-refractivity contribution in [2.75, 3.05) is 19.7 Å². The summed E-state index contributed by atoms with van der Waals surface area (Å²) in [7, 11) is 0. The van der Waals surface area contributed by atoms with Crippen molar-refractivity contribution in [2.24, 2.45) is 0 Å². The Morgan fingerprint density at radius 2 is 2.00 bits per heavy atom. The third kappa shape index (κ3) is 2.96. The maximum atomic E-state index is 5.68. The Bertz CT molecular complexity index is 221. The molecular formula is C13H21NO. The van der Waals surface area contributed by atoms with Crippen molar-refractivity contribution in [3.8, 4) is 12.3 Å². The van der Waals surface area contributed by atoms with Crippen LogP contribution >= 0.6 is 0 Å². The van der Waals surface area contributed by atoms with Crippen LogP contribution in [0.4, 0.5) is 0 Å². The minimum Gasteiger partial charge on any atom is -0.377 e. The van der Waals surface area contributed by atoms with E-state index < -0.39 is 0 Å². The van der Waals surface area contributed by atoms with Gasteiger partial charge in [0.15, 0.2) is 0 Å². The summed E-state index contributed by atoms with van der Waals surface area (Å²) in [5, 5.41) is 0. The van der Waals surface area contributed by atoms with Crippen LogP contribution in [0.2, 0.25) is 0 Å². The SMILES string of the molecule is C#CCN(C[C@@H]1CCCO1)C1CCCC1. The summed E-state index contributed by atoms with van der Waals surface area (Å²) in [5.74, 6) is 2.79. The van der Waals surface area contributed by atoms with Crippen LogP contribution in [0.5, 0.6) is 0 Å². The van der Waals surface area contributed by atoms with Gasteiger partial charge >= 0.3 is 0 Å². The molecule has 0 N–H and O–H groups in total. The van der Waals surface area contributed by atoms with Gasteiger partial charge in [-0.3, -0.25) is 4.90 Å². The molecule has 2 heteroatoms.